The molecule has 1 heterocycles. The summed E-state index contributed by atoms with van der Waals surface area (Å²) in [7, 11) is -3.53. The van der Waals surface area contributed by atoms with Crippen LogP contribution in [0.2, 0.25) is 0 Å². The molecule has 0 saturated carbocycles. The summed E-state index contributed by atoms with van der Waals surface area (Å²) in [6.07, 6.45) is 4.22. The molecule has 0 aliphatic carbocycles. The highest BCUT2D eigenvalue weighted by Crippen LogP contribution is 2.22. The number of imidazole rings is 1. The van der Waals surface area contributed by atoms with Crippen LogP contribution in [-0.4, -0.2) is 34.8 Å². The first-order valence-corrected chi connectivity index (χ1v) is 6.36. The zero-order valence-corrected chi connectivity index (χ0v) is 10.6. The Balaban J connectivity index is 3.18. The summed E-state index contributed by atoms with van der Waals surface area (Å²) in [5, 5.41) is 0.101. The van der Waals surface area contributed by atoms with Crippen molar-refractivity contribution in [2.45, 2.75) is 31.3 Å². The van der Waals surface area contributed by atoms with Crippen molar-refractivity contribution in [2.75, 3.05) is 6.54 Å². The van der Waals surface area contributed by atoms with Crippen LogP contribution in [0.15, 0.2) is 30.2 Å². The summed E-state index contributed by atoms with van der Waals surface area (Å²) in [5.41, 5.74) is -0.502. The monoisotopic (exact) mass is 243 g/mol. The fourth-order valence-corrected chi connectivity index (χ4v) is 3.01. The van der Waals surface area contributed by atoms with Gasteiger partial charge in [-0.1, -0.05) is 6.08 Å². The summed E-state index contributed by atoms with van der Waals surface area (Å²) in [6.45, 7) is 9.36. The molecular weight excluding hydrogens is 226 g/mol. The fraction of sp³-hybridized carbons (Fsp3) is 0.500. The van der Waals surface area contributed by atoms with E-state index >= 15 is 0 Å². The molecule has 0 amide bonds. The molecule has 5 nitrogen and oxygen atoms in total. The SMILES string of the molecule is C=CCN(C(C)(C)C)S(=O)(=O)c1cnc[nH]1. The van der Waals surface area contributed by atoms with E-state index < -0.39 is 15.6 Å². The van der Waals surface area contributed by atoms with E-state index in [1.54, 1.807) is 6.08 Å². The second-order valence-electron chi connectivity index (χ2n) is 4.41. The van der Waals surface area contributed by atoms with Gasteiger partial charge in [0.2, 0.25) is 0 Å². The van der Waals surface area contributed by atoms with Crippen molar-refractivity contribution in [3.8, 4) is 0 Å². The second kappa shape index (κ2) is 4.39. The molecule has 1 aromatic rings. The maximum Gasteiger partial charge on any atom is 0.260 e. The molecular formula is C10H17N3O2S. The highest BCUT2D eigenvalue weighted by Gasteiger charge is 2.33. The number of hydrogen-bond donors (Lipinski definition) is 1. The van der Waals surface area contributed by atoms with Crippen molar-refractivity contribution in [1.29, 1.82) is 0 Å². The van der Waals surface area contributed by atoms with Crippen LogP contribution in [0.1, 0.15) is 20.8 Å². The molecule has 0 saturated heterocycles. The number of aromatic amines is 1. The Kier molecular flexibility index (Phi) is 3.54. The summed E-state index contributed by atoms with van der Waals surface area (Å²) >= 11 is 0. The average Bonchev–Trinajstić information content (AvgIpc) is 2.64. The largest absolute Gasteiger partial charge is 0.335 e. The molecule has 1 aromatic heterocycles. The van der Waals surface area contributed by atoms with Crippen LogP contribution in [0, 0.1) is 0 Å². The first-order chi connectivity index (χ1) is 7.30. The Morgan fingerprint density at radius 3 is 2.56 bits per heavy atom. The predicted molar refractivity (Wildman–Crippen MR) is 62.4 cm³/mol. The molecule has 0 aromatic carbocycles. The Labute approximate surface area is 96.2 Å². The minimum atomic E-state index is -3.53. The Morgan fingerprint density at radius 1 is 1.56 bits per heavy atom. The van der Waals surface area contributed by atoms with Gasteiger partial charge in [-0.15, -0.1) is 6.58 Å². The predicted octanol–water partition coefficient (Wildman–Crippen LogP) is 1.38. The van der Waals surface area contributed by atoms with Crippen molar-refractivity contribution in [2.24, 2.45) is 0 Å². The smallest absolute Gasteiger partial charge is 0.260 e. The third-order valence-electron chi connectivity index (χ3n) is 2.08. The minimum Gasteiger partial charge on any atom is -0.335 e. The maximum atomic E-state index is 12.2. The molecule has 90 valence electrons. The topological polar surface area (TPSA) is 66.1 Å². The Bertz CT molecular complexity index is 443. The molecule has 0 atom stereocenters. The molecule has 0 radical (unpaired) electrons. The number of aromatic nitrogens is 2. The third kappa shape index (κ3) is 2.51. The van der Waals surface area contributed by atoms with E-state index in [-0.39, 0.29) is 11.6 Å². The number of rotatable bonds is 4. The number of hydrogen-bond acceptors (Lipinski definition) is 3. The van der Waals surface area contributed by atoms with Gasteiger partial charge in [0.25, 0.3) is 10.0 Å². The third-order valence-corrected chi connectivity index (χ3v) is 4.14. The normalized spacial score (nSPS) is 13.0. The van der Waals surface area contributed by atoms with Crippen LogP contribution in [0.5, 0.6) is 0 Å². The quantitative estimate of drug-likeness (QED) is 0.812. The lowest BCUT2D eigenvalue weighted by Gasteiger charge is -2.32. The molecule has 0 aliphatic rings. The fourth-order valence-electron chi connectivity index (χ4n) is 1.35. The van der Waals surface area contributed by atoms with E-state index in [0.717, 1.165) is 0 Å². The zero-order chi connectivity index (χ0) is 12.4. The molecule has 0 spiro atoms. The molecule has 6 heteroatoms. The van der Waals surface area contributed by atoms with Gasteiger partial charge in [-0.05, 0) is 20.8 Å². The lowest BCUT2D eigenvalue weighted by Crippen LogP contribution is -2.45. The van der Waals surface area contributed by atoms with Crippen molar-refractivity contribution < 1.29 is 8.42 Å². The number of sulfonamides is 1. The van der Waals surface area contributed by atoms with Gasteiger partial charge in [-0.3, -0.25) is 0 Å². The number of H-pyrrole nitrogens is 1. The highest BCUT2D eigenvalue weighted by molar-refractivity contribution is 7.89. The van der Waals surface area contributed by atoms with E-state index in [4.69, 9.17) is 0 Å². The molecule has 16 heavy (non-hydrogen) atoms. The summed E-state index contributed by atoms with van der Waals surface area (Å²) < 4.78 is 25.8. The van der Waals surface area contributed by atoms with Gasteiger partial charge in [0.1, 0.15) is 0 Å². The Hall–Kier alpha value is -1.14. The van der Waals surface area contributed by atoms with Crippen LogP contribution in [-0.2, 0) is 10.0 Å². The first-order valence-electron chi connectivity index (χ1n) is 4.92. The molecule has 0 bridgehead atoms. The Morgan fingerprint density at radius 2 is 2.19 bits per heavy atom. The van der Waals surface area contributed by atoms with Crippen molar-refractivity contribution >= 4 is 10.0 Å². The van der Waals surface area contributed by atoms with E-state index in [2.05, 4.69) is 16.5 Å². The lowest BCUT2D eigenvalue weighted by molar-refractivity contribution is 0.269. The molecule has 1 N–H and O–H groups in total. The van der Waals surface area contributed by atoms with E-state index in [0.29, 0.717) is 0 Å². The lowest BCUT2D eigenvalue weighted by atomic mass is 10.1. The van der Waals surface area contributed by atoms with Gasteiger partial charge in [-0.25, -0.2) is 13.4 Å². The number of nitrogens with one attached hydrogen (secondary N) is 1. The van der Waals surface area contributed by atoms with Crippen LogP contribution < -0.4 is 0 Å². The standard InChI is InChI=1S/C10H17N3O2S/c1-5-6-13(10(2,3)4)16(14,15)9-7-11-8-12-9/h5,7-8H,1,6H2,2-4H3,(H,11,12). The van der Waals surface area contributed by atoms with Gasteiger partial charge in [-0.2, -0.15) is 4.31 Å². The van der Waals surface area contributed by atoms with Crippen molar-refractivity contribution in [3.63, 3.8) is 0 Å². The molecule has 0 aliphatic heterocycles. The zero-order valence-electron chi connectivity index (χ0n) is 9.77. The van der Waals surface area contributed by atoms with Crippen LogP contribution in [0.25, 0.3) is 0 Å². The average molecular weight is 243 g/mol. The maximum absolute atomic E-state index is 12.2. The summed E-state index contributed by atoms with van der Waals surface area (Å²) in [6, 6.07) is 0. The van der Waals surface area contributed by atoms with Crippen LogP contribution in [0.4, 0.5) is 0 Å². The van der Waals surface area contributed by atoms with Gasteiger partial charge in [0.05, 0.1) is 12.5 Å². The highest BCUT2D eigenvalue weighted by atomic mass is 32.2. The van der Waals surface area contributed by atoms with Crippen molar-refractivity contribution in [1.82, 2.24) is 14.3 Å². The summed E-state index contributed by atoms with van der Waals surface area (Å²) in [5.74, 6) is 0. The first kappa shape index (κ1) is 12.9. The van der Waals surface area contributed by atoms with E-state index in [9.17, 15) is 8.42 Å². The minimum absolute atomic E-state index is 0.101. The second-order valence-corrected chi connectivity index (χ2v) is 6.24. The van der Waals surface area contributed by atoms with Gasteiger partial charge < -0.3 is 4.98 Å². The van der Waals surface area contributed by atoms with Gasteiger partial charge in [0, 0.05) is 12.1 Å². The van der Waals surface area contributed by atoms with Crippen LogP contribution in [0.3, 0.4) is 0 Å². The van der Waals surface area contributed by atoms with Crippen LogP contribution >= 0.6 is 0 Å². The van der Waals surface area contributed by atoms with Gasteiger partial charge in [0.15, 0.2) is 5.03 Å². The summed E-state index contributed by atoms with van der Waals surface area (Å²) in [4.78, 5) is 6.34. The molecule has 1 rings (SSSR count). The van der Waals surface area contributed by atoms with Crippen molar-refractivity contribution in [3.05, 3.63) is 25.2 Å². The van der Waals surface area contributed by atoms with E-state index in [1.807, 2.05) is 20.8 Å². The molecule has 0 unspecified atom stereocenters. The van der Waals surface area contributed by atoms with E-state index in [1.165, 1.54) is 16.8 Å². The molecule has 0 fully saturated rings. The number of nitrogens with zero attached hydrogens (tertiary/aromatic N) is 2. The van der Waals surface area contributed by atoms with Gasteiger partial charge >= 0.3 is 0 Å².